The lowest BCUT2D eigenvalue weighted by Gasteiger charge is -2.33. The Balaban J connectivity index is 5.23. The van der Waals surface area contributed by atoms with E-state index >= 15 is 0 Å². The minimum atomic E-state index is -0.193. The Morgan fingerprint density at radius 2 is 0.806 bits per heavy atom. The fourth-order valence-electron chi connectivity index (χ4n) is 9.67. The van der Waals surface area contributed by atoms with Gasteiger partial charge in [-0.2, -0.15) is 0 Å². The van der Waals surface area contributed by atoms with E-state index in [9.17, 15) is 14.4 Å². The van der Waals surface area contributed by atoms with Crippen molar-refractivity contribution in [3.63, 3.8) is 0 Å². The number of allylic oxidation sites excluding steroid dienone is 1. The standard InChI is InChI=1S/C60H116N2O5/c1-8-13-18-22-24-25-27-36-46-57(47-37-28-30-39-49-59(64)67-54-56(44-34-21-16-11-4)45-35-26-23-19-14-9-2)62(52-41-51-61(6)7)58(63)48-38-29-31-40-50-60(65)66-53-55(42-32-17-12-5)43-33-20-15-10-3/h39,49,55-57H,8-38,40-48,50-54H2,1-7H3. The van der Waals surface area contributed by atoms with Gasteiger partial charge in [0.15, 0.2) is 0 Å². The second kappa shape index (κ2) is 50.5. The lowest BCUT2D eigenvalue weighted by Crippen LogP contribution is -2.41. The Kier molecular flexibility index (Phi) is 49.1. The van der Waals surface area contributed by atoms with Gasteiger partial charge in [-0.1, -0.05) is 220 Å². The van der Waals surface area contributed by atoms with Gasteiger partial charge in [0.05, 0.1) is 13.2 Å². The molecule has 0 rings (SSSR count). The van der Waals surface area contributed by atoms with E-state index in [1.165, 1.54) is 180 Å². The molecule has 7 nitrogen and oxygen atoms in total. The van der Waals surface area contributed by atoms with Crippen molar-refractivity contribution in [3.8, 4) is 0 Å². The van der Waals surface area contributed by atoms with E-state index in [-0.39, 0.29) is 18.0 Å². The van der Waals surface area contributed by atoms with Gasteiger partial charge in [0.25, 0.3) is 0 Å². The average Bonchev–Trinajstić information content (AvgIpc) is 3.31. The van der Waals surface area contributed by atoms with Gasteiger partial charge in [-0.3, -0.25) is 9.59 Å². The molecule has 0 radical (unpaired) electrons. The summed E-state index contributed by atoms with van der Waals surface area (Å²) < 4.78 is 11.6. The molecule has 0 saturated carbocycles. The predicted octanol–water partition coefficient (Wildman–Crippen LogP) is 17.7. The largest absolute Gasteiger partial charge is 0.465 e. The van der Waals surface area contributed by atoms with E-state index in [0.29, 0.717) is 43.8 Å². The van der Waals surface area contributed by atoms with Gasteiger partial charge >= 0.3 is 11.9 Å². The molecule has 0 fully saturated rings. The summed E-state index contributed by atoms with van der Waals surface area (Å²) >= 11 is 0. The van der Waals surface area contributed by atoms with Crippen molar-refractivity contribution < 1.29 is 23.9 Å². The van der Waals surface area contributed by atoms with Gasteiger partial charge in [-0.25, -0.2) is 4.79 Å². The van der Waals surface area contributed by atoms with Crippen molar-refractivity contribution in [2.24, 2.45) is 11.8 Å². The molecule has 0 saturated heterocycles. The molecule has 1 amide bonds. The van der Waals surface area contributed by atoms with Crippen molar-refractivity contribution in [3.05, 3.63) is 12.2 Å². The number of hydrogen-bond donors (Lipinski definition) is 0. The van der Waals surface area contributed by atoms with Crippen LogP contribution in [0.15, 0.2) is 12.2 Å². The van der Waals surface area contributed by atoms with Crippen LogP contribution in [0.4, 0.5) is 0 Å². The summed E-state index contributed by atoms with van der Waals surface area (Å²) in [5.41, 5.74) is 0. The number of esters is 2. The lowest BCUT2D eigenvalue weighted by atomic mass is 9.95. The highest BCUT2D eigenvalue weighted by Gasteiger charge is 2.23. The van der Waals surface area contributed by atoms with Crippen molar-refractivity contribution in [2.45, 2.75) is 304 Å². The molecule has 0 bridgehead atoms. The fraction of sp³-hybridized carbons (Fsp3) is 0.917. The van der Waals surface area contributed by atoms with Gasteiger partial charge in [0.2, 0.25) is 5.91 Å². The Labute approximate surface area is 418 Å². The zero-order valence-electron chi connectivity index (χ0n) is 46.1. The average molecular weight is 946 g/mol. The third-order valence-corrected chi connectivity index (χ3v) is 14.1. The highest BCUT2D eigenvalue weighted by Crippen LogP contribution is 2.23. The molecule has 0 aliphatic carbocycles. The molecular weight excluding hydrogens is 829 g/mol. The van der Waals surface area contributed by atoms with Crippen LogP contribution in [0.1, 0.15) is 298 Å². The number of carbonyl (C=O) groups excluding carboxylic acids is 3. The molecule has 67 heavy (non-hydrogen) atoms. The quantitative estimate of drug-likeness (QED) is 0.0343. The minimum absolute atomic E-state index is 0.0489. The van der Waals surface area contributed by atoms with Crippen LogP contribution in [-0.2, 0) is 23.9 Å². The SMILES string of the molecule is CCCCCCCCCCC(CCCCC=CC(=O)OCC(CCCCCC)CCCCCCCC)N(CCCN(C)C)C(=O)CCCCCCC(=O)OCC(CCCCC)CCCCCC. The summed E-state index contributed by atoms with van der Waals surface area (Å²) in [4.78, 5) is 44.1. The van der Waals surface area contributed by atoms with Crippen LogP contribution >= 0.6 is 0 Å². The van der Waals surface area contributed by atoms with E-state index in [1.807, 2.05) is 6.08 Å². The number of nitrogens with zero attached hydrogens (tertiary/aromatic N) is 2. The molecule has 3 atom stereocenters. The maximum absolute atomic E-state index is 14.1. The van der Waals surface area contributed by atoms with E-state index in [4.69, 9.17) is 9.47 Å². The van der Waals surface area contributed by atoms with Gasteiger partial charge in [-0.15, -0.1) is 0 Å². The number of hydrogen-bond acceptors (Lipinski definition) is 6. The van der Waals surface area contributed by atoms with Crippen molar-refractivity contribution in [2.75, 3.05) is 40.4 Å². The first-order chi connectivity index (χ1) is 32.7. The van der Waals surface area contributed by atoms with Crippen LogP contribution in [0.5, 0.6) is 0 Å². The Morgan fingerprint density at radius 3 is 1.31 bits per heavy atom. The minimum Gasteiger partial charge on any atom is -0.465 e. The maximum atomic E-state index is 14.1. The van der Waals surface area contributed by atoms with Gasteiger partial charge in [0.1, 0.15) is 0 Å². The Hall–Kier alpha value is -1.89. The van der Waals surface area contributed by atoms with Gasteiger partial charge in [-0.05, 0) is 103 Å². The van der Waals surface area contributed by atoms with E-state index in [0.717, 1.165) is 83.7 Å². The topological polar surface area (TPSA) is 76.2 Å². The van der Waals surface area contributed by atoms with Crippen LogP contribution in [0, 0.1) is 11.8 Å². The van der Waals surface area contributed by atoms with Crippen LogP contribution < -0.4 is 0 Å². The van der Waals surface area contributed by atoms with E-state index < -0.39 is 0 Å². The summed E-state index contributed by atoms with van der Waals surface area (Å²) in [5.74, 6) is 1.04. The number of unbranched alkanes of at least 4 members (excludes halogenated alkanes) is 25. The summed E-state index contributed by atoms with van der Waals surface area (Å²) in [6, 6.07) is 0.261. The monoisotopic (exact) mass is 945 g/mol. The van der Waals surface area contributed by atoms with Gasteiger partial charge in [0, 0.05) is 31.5 Å². The molecule has 7 heteroatoms. The molecule has 0 aromatic carbocycles. The number of ether oxygens (including phenoxy) is 2. The second-order valence-electron chi connectivity index (χ2n) is 21.1. The fourth-order valence-corrected chi connectivity index (χ4v) is 9.67. The van der Waals surface area contributed by atoms with Crippen molar-refractivity contribution in [1.29, 1.82) is 0 Å². The zero-order chi connectivity index (χ0) is 49.3. The number of rotatable bonds is 52. The smallest absolute Gasteiger partial charge is 0.330 e. The number of amides is 1. The molecule has 0 aromatic heterocycles. The molecule has 3 unspecified atom stereocenters. The lowest BCUT2D eigenvalue weighted by molar-refractivity contribution is -0.145. The molecule has 0 aromatic rings. The Morgan fingerprint density at radius 1 is 0.418 bits per heavy atom. The molecule has 0 aliphatic heterocycles. The number of carbonyl (C=O) groups is 3. The van der Waals surface area contributed by atoms with Crippen molar-refractivity contribution in [1.82, 2.24) is 9.80 Å². The van der Waals surface area contributed by atoms with Crippen LogP contribution in [0.2, 0.25) is 0 Å². The summed E-state index contributed by atoms with van der Waals surface area (Å²) in [7, 11) is 4.24. The first kappa shape index (κ1) is 65.1. The van der Waals surface area contributed by atoms with Crippen LogP contribution in [-0.4, -0.2) is 74.1 Å². The normalized spacial score (nSPS) is 13.1. The van der Waals surface area contributed by atoms with Crippen LogP contribution in [0.25, 0.3) is 0 Å². The van der Waals surface area contributed by atoms with Gasteiger partial charge < -0.3 is 19.3 Å². The predicted molar refractivity (Wildman–Crippen MR) is 290 cm³/mol. The molecule has 0 N–H and O–H groups in total. The van der Waals surface area contributed by atoms with Crippen LogP contribution in [0.3, 0.4) is 0 Å². The molecule has 396 valence electrons. The summed E-state index contributed by atoms with van der Waals surface area (Å²) in [6.07, 6.45) is 51.0. The Bertz CT molecular complexity index is 1110. The highest BCUT2D eigenvalue weighted by atomic mass is 16.5. The molecular formula is C60H116N2O5. The first-order valence-corrected chi connectivity index (χ1v) is 29.6. The van der Waals surface area contributed by atoms with E-state index in [2.05, 4.69) is 58.5 Å². The summed E-state index contributed by atoms with van der Waals surface area (Å²) in [6.45, 7) is 14.2. The summed E-state index contributed by atoms with van der Waals surface area (Å²) in [5, 5.41) is 0. The maximum Gasteiger partial charge on any atom is 0.330 e. The highest BCUT2D eigenvalue weighted by molar-refractivity contribution is 5.81. The molecule has 0 aliphatic rings. The third-order valence-electron chi connectivity index (χ3n) is 14.1. The van der Waals surface area contributed by atoms with E-state index in [1.54, 1.807) is 6.08 Å². The first-order valence-electron chi connectivity index (χ1n) is 29.6. The van der Waals surface area contributed by atoms with Crippen molar-refractivity contribution >= 4 is 17.8 Å². The molecule has 0 heterocycles. The molecule has 0 spiro atoms. The second-order valence-corrected chi connectivity index (χ2v) is 21.1. The third kappa shape index (κ3) is 43.8. The zero-order valence-corrected chi connectivity index (χ0v) is 46.1.